The lowest BCUT2D eigenvalue weighted by molar-refractivity contribution is 0.0295. The minimum absolute atomic E-state index is 0.387. The topological polar surface area (TPSA) is 29.3 Å². The van der Waals surface area contributed by atoms with Crippen molar-refractivity contribution in [3.63, 3.8) is 0 Å². The summed E-state index contributed by atoms with van der Waals surface area (Å²) in [6, 6.07) is 11.5. The van der Waals surface area contributed by atoms with Crippen LogP contribution in [0.2, 0.25) is 0 Å². The third-order valence-corrected chi connectivity index (χ3v) is 5.36. The number of benzene rings is 1. The average molecular weight is 272 g/mol. The molecule has 1 heterocycles. The normalized spacial score (nSPS) is 32.1. The van der Waals surface area contributed by atoms with E-state index in [0.717, 1.165) is 0 Å². The van der Waals surface area contributed by atoms with Crippen LogP contribution < -0.4 is 5.73 Å². The molecule has 2 fully saturated rings. The summed E-state index contributed by atoms with van der Waals surface area (Å²) in [5.41, 5.74) is 8.04. The second kappa shape index (κ2) is 6.28. The Morgan fingerprint density at radius 1 is 1.00 bits per heavy atom. The van der Waals surface area contributed by atoms with Gasteiger partial charge in [0.2, 0.25) is 0 Å². The summed E-state index contributed by atoms with van der Waals surface area (Å²) in [5.74, 6) is 0. The quantitative estimate of drug-likeness (QED) is 0.914. The second-order valence-electron chi connectivity index (χ2n) is 6.77. The minimum atomic E-state index is 0.387. The van der Waals surface area contributed by atoms with Crippen molar-refractivity contribution in [2.24, 2.45) is 5.73 Å². The van der Waals surface area contributed by atoms with Gasteiger partial charge in [-0.2, -0.15) is 0 Å². The molecule has 110 valence electrons. The molecule has 2 aliphatic rings. The van der Waals surface area contributed by atoms with E-state index in [4.69, 9.17) is 5.73 Å². The first-order valence-electron chi connectivity index (χ1n) is 8.33. The van der Waals surface area contributed by atoms with Gasteiger partial charge in [-0.1, -0.05) is 36.8 Å². The molecule has 0 spiro atoms. The summed E-state index contributed by atoms with van der Waals surface area (Å²) in [6.45, 7) is 2.59. The Balaban J connectivity index is 1.79. The van der Waals surface area contributed by atoms with Crippen molar-refractivity contribution >= 4 is 0 Å². The largest absolute Gasteiger partial charge is 0.328 e. The first-order chi connectivity index (χ1) is 9.78. The number of piperidine rings is 1. The maximum atomic E-state index is 6.16. The number of nitrogens with zero attached hydrogens (tertiary/aromatic N) is 1. The SMILES string of the molecule is NC1CCC(Cc2ccccc2)(N2CCCCC2)CC1. The van der Waals surface area contributed by atoms with E-state index in [1.165, 1.54) is 70.0 Å². The number of rotatable bonds is 3. The maximum absolute atomic E-state index is 6.16. The molecule has 0 radical (unpaired) electrons. The first kappa shape index (κ1) is 14.1. The van der Waals surface area contributed by atoms with Crippen molar-refractivity contribution in [1.82, 2.24) is 4.90 Å². The Bertz CT molecular complexity index is 401. The Hall–Kier alpha value is -0.860. The average Bonchev–Trinajstić information content (AvgIpc) is 2.52. The van der Waals surface area contributed by atoms with Crippen LogP contribution in [-0.4, -0.2) is 29.6 Å². The molecule has 1 aromatic carbocycles. The predicted molar refractivity (Wildman–Crippen MR) is 84.7 cm³/mol. The van der Waals surface area contributed by atoms with E-state index in [9.17, 15) is 0 Å². The molecule has 1 aliphatic heterocycles. The van der Waals surface area contributed by atoms with Gasteiger partial charge in [0, 0.05) is 11.6 Å². The lowest BCUT2D eigenvalue weighted by Crippen LogP contribution is -2.55. The van der Waals surface area contributed by atoms with Gasteiger partial charge in [0.25, 0.3) is 0 Å². The number of nitrogens with two attached hydrogens (primary N) is 1. The Labute approximate surface area is 123 Å². The molecule has 2 nitrogen and oxygen atoms in total. The van der Waals surface area contributed by atoms with Crippen molar-refractivity contribution in [3.8, 4) is 0 Å². The standard InChI is InChI=1S/C18H28N2/c19-17-9-11-18(12-10-17,20-13-5-2-6-14-20)15-16-7-3-1-4-8-16/h1,3-4,7-8,17H,2,5-6,9-15,19H2. The zero-order valence-electron chi connectivity index (χ0n) is 12.6. The van der Waals surface area contributed by atoms with E-state index in [0.29, 0.717) is 11.6 Å². The monoisotopic (exact) mass is 272 g/mol. The van der Waals surface area contributed by atoms with Gasteiger partial charge in [-0.05, 0) is 63.6 Å². The highest BCUT2D eigenvalue weighted by Gasteiger charge is 2.39. The summed E-state index contributed by atoms with van der Waals surface area (Å²) in [5, 5.41) is 0. The maximum Gasteiger partial charge on any atom is 0.0251 e. The molecular weight excluding hydrogens is 244 g/mol. The van der Waals surface area contributed by atoms with Crippen molar-refractivity contribution < 1.29 is 0 Å². The molecule has 0 unspecified atom stereocenters. The second-order valence-corrected chi connectivity index (χ2v) is 6.77. The molecular formula is C18H28N2. The van der Waals surface area contributed by atoms with Crippen molar-refractivity contribution in [1.29, 1.82) is 0 Å². The van der Waals surface area contributed by atoms with Crippen LogP contribution in [0.4, 0.5) is 0 Å². The molecule has 0 atom stereocenters. The van der Waals surface area contributed by atoms with E-state index in [1.54, 1.807) is 0 Å². The van der Waals surface area contributed by atoms with Crippen LogP contribution in [0.15, 0.2) is 30.3 Å². The summed E-state index contributed by atoms with van der Waals surface area (Å²) < 4.78 is 0. The summed E-state index contributed by atoms with van der Waals surface area (Å²) >= 11 is 0. The summed E-state index contributed by atoms with van der Waals surface area (Å²) in [4.78, 5) is 2.80. The molecule has 1 aromatic rings. The molecule has 2 heteroatoms. The number of hydrogen-bond acceptors (Lipinski definition) is 2. The molecule has 0 bridgehead atoms. The molecule has 0 amide bonds. The first-order valence-corrected chi connectivity index (χ1v) is 8.33. The van der Waals surface area contributed by atoms with E-state index < -0.39 is 0 Å². The third kappa shape index (κ3) is 3.07. The lowest BCUT2D eigenvalue weighted by atomic mass is 9.74. The fourth-order valence-electron chi connectivity index (χ4n) is 4.13. The Morgan fingerprint density at radius 3 is 2.30 bits per heavy atom. The zero-order valence-corrected chi connectivity index (χ0v) is 12.6. The van der Waals surface area contributed by atoms with Crippen LogP contribution in [0.5, 0.6) is 0 Å². The zero-order chi connectivity index (χ0) is 13.8. The smallest absolute Gasteiger partial charge is 0.0251 e. The van der Waals surface area contributed by atoms with Crippen LogP contribution in [-0.2, 0) is 6.42 Å². The van der Waals surface area contributed by atoms with Gasteiger partial charge in [-0.3, -0.25) is 4.90 Å². The minimum Gasteiger partial charge on any atom is -0.328 e. The van der Waals surface area contributed by atoms with Gasteiger partial charge < -0.3 is 5.73 Å². The van der Waals surface area contributed by atoms with E-state index in [-0.39, 0.29) is 0 Å². The van der Waals surface area contributed by atoms with Crippen LogP contribution in [0.1, 0.15) is 50.5 Å². The van der Waals surface area contributed by atoms with E-state index in [1.807, 2.05) is 0 Å². The van der Waals surface area contributed by atoms with Gasteiger partial charge in [0.1, 0.15) is 0 Å². The van der Waals surface area contributed by atoms with Crippen molar-refractivity contribution in [3.05, 3.63) is 35.9 Å². The Kier molecular flexibility index (Phi) is 4.42. The highest BCUT2D eigenvalue weighted by Crippen LogP contribution is 2.37. The number of likely N-dealkylation sites (tertiary alicyclic amines) is 1. The van der Waals surface area contributed by atoms with Gasteiger partial charge in [0.15, 0.2) is 0 Å². The fraction of sp³-hybridized carbons (Fsp3) is 0.667. The van der Waals surface area contributed by atoms with Gasteiger partial charge >= 0.3 is 0 Å². The van der Waals surface area contributed by atoms with Crippen LogP contribution in [0, 0.1) is 0 Å². The summed E-state index contributed by atoms with van der Waals surface area (Å²) in [6.07, 6.45) is 10.3. The molecule has 2 N–H and O–H groups in total. The Morgan fingerprint density at radius 2 is 1.65 bits per heavy atom. The number of hydrogen-bond donors (Lipinski definition) is 1. The van der Waals surface area contributed by atoms with E-state index in [2.05, 4.69) is 35.2 Å². The van der Waals surface area contributed by atoms with Gasteiger partial charge in [-0.15, -0.1) is 0 Å². The van der Waals surface area contributed by atoms with Gasteiger partial charge in [-0.25, -0.2) is 0 Å². The predicted octanol–water partition coefficient (Wildman–Crippen LogP) is 3.36. The third-order valence-electron chi connectivity index (χ3n) is 5.36. The van der Waals surface area contributed by atoms with Crippen LogP contribution >= 0.6 is 0 Å². The van der Waals surface area contributed by atoms with Crippen LogP contribution in [0.25, 0.3) is 0 Å². The van der Waals surface area contributed by atoms with Crippen LogP contribution in [0.3, 0.4) is 0 Å². The fourth-order valence-corrected chi connectivity index (χ4v) is 4.13. The molecule has 1 saturated heterocycles. The molecule has 1 saturated carbocycles. The van der Waals surface area contributed by atoms with Gasteiger partial charge in [0.05, 0.1) is 0 Å². The highest BCUT2D eigenvalue weighted by molar-refractivity contribution is 5.19. The lowest BCUT2D eigenvalue weighted by Gasteiger charge is -2.49. The molecule has 1 aliphatic carbocycles. The highest BCUT2D eigenvalue weighted by atomic mass is 15.2. The summed E-state index contributed by atoms with van der Waals surface area (Å²) in [7, 11) is 0. The van der Waals surface area contributed by atoms with E-state index >= 15 is 0 Å². The molecule has 3 rings (SSSR count). The molecule has 0 aromatic heterocycles. The van der Waals surface area contributed by atoms with Crippen molar-refractivity contribution in [2.75, 3.05) is 13.1 Å². The van der Waals surface area contributed by atoms with Crippen molar-refractivity contribution in [2.45, 2.75) is 62.9 Å². The molecule has 20 heavy (non-hydrogen) atoms.